The fraction of sp³-hybridized carbons (Fsp3) is 0. The van der Waals surface area contributed by atoms with Crippen LogP contribution in [-0.4, -0.2) is 16.2 Å². The van der Waals surface area contributed by atoms with Gasteiger partial charge < -0.3 is 10.2 Å². The Hall–Kier alpha value is -2.36. The van der Waals surface area contributed by atoms with Gasteiger partial charge >= 0.3 is 5.97 Å². The Balaban J connectivity index is 2.58. The lowest BCUT2D eigenvalue weighted by Crippen LogP contribution is -2.00. The van der Waals surface area contributed by atoms with Crippen LogP contribution in [0.4, 0.5) is 4.39 Å². The Morgan fingerprint density at radius 3 is 2.29 bits per heavy atom. The molecule has 4 heteroatoms. The molecule has 2 aromatic carbocycles. The standard InChI is InChI=1S/C13H9FO3/c14-9-3-6-11(12(7-9)13(16)17)8-1-4-10(15)5-2-8/h1-7,15H,(H,16,17). The van der Waals surface area contributed by atoms with Gasteiger partial charge in [-0.2, -0.15) is 0 Å². The molecule has 0 saturated heterocycles. The quantitative estimate of drug-likeness (QED) is 0.836. The molecule has 0 spiro atoms. The number of phenols is 1. The molecule has 0 aliphatic heterocycles. The van der Waals surface area contributed by atoms with Gasteiger partial charge in [-0.05, 0) is 35.4 Å². The van der Waals surface area contributed by atoms with E-state index in [2.05, 4.69) is 0 Å². The number of benzene rings is 2. The van der Waals surface area contributed by atoms with E-state index in [0.29, 0.717) is 11.1 Å². The van der Waals surface area contributed by atoms with Crippen LogP contribution in [-0.2, 0) is 0 Å². The highest BCUT2D eigenvalue weighted by Gasteiger charge is 2.12. The molecule has 0 heterocycles. The summed E-state index contributed by atoms with van der Waals surface area (Å²) < 4.78 is 13.0. The summed E-state index contributed by atoms with van der Waals surface area (Å²) in [5, 5.41) is 18.1. The molecule has 0 fully saturated rings. The van der Waals surface area contributed by atoms with E-state index < -0.39 is 11.8 Å². The molecule has 0 aliphatic carbocycles. The summed E-state index contributed by atoms with van der Waals surface area (Å²) in [5.74, 6) is -1.69. The smallest absolute Gasteiger partial charge is 0.336 e. The van der Waals surface area contributed by atoms with Crippen molar-refractivity contribution in [3.05, 3.63) is 53.8 Å². The maximum atomic E-state index is 13.0. The number of hydrogen-bond donors (Lipinski definition) is 2. The monoisotopic (exact) mass is 232 g/mol. The van der Waals surface area contributed by atoms with Gasteiger partial charge in [-0.1, -0.05) is 18.2 Å². The number of rotatable bonds is 2. The molecule has 0 unspecified atom stereocenters. The van der Waals surface area contributed by atoms with Crippen molar-refractivity contribution in [3.63, 3.8) is 0 Å². The first-order valence-electron chi connectivity index (χ1n) is 4.90. The minimum absolute atomic E-state index is 0.0905. The summed E-state index contributed by atoms with van der Waals surface area (Å²) in [5.41, 5.74) is 0.926. The van der Waals surface area contributed by atoms with E-state index in [1.807, 2.05) is 0 Å². The molecule has 2 rings (SSSR count). The molecule has 2 N–H and O–H groups in total. The zero-order chi connectivity index (χ0) is 12.4. The molecule has 2 aromatic rings. The van der Waals surface area contributed by atoms with Crippen LogP contribution in [0.5, 0.6) is 5.75 Å². The maximum Gasteiger partial charge on any atom is 0.336 e. The minimum Gasteiger partial charge on any atom is -0.508 e. The fourth-order valence-electron chi connectivity index (χ4n) is 1.59. The number of halogens is 1. The van der Waals surface area contributed by atoms with Gasteiger partial charge in [0, 0.05) is 0 Å². The molecular weight excluding hydrogens is 223 g/mol. The van der Waals surface area contributed by atoms with Crippen LogP contribution in [0, 0.1) is 5.82 Å². The summed E-state index contributed by atoms with van der Waals surface area (Å²) >= 11 is 0. The summed E-state index contributed by atoms with van der Waals surface area (Å²) in [6.07, 6.45) is 0. The number of phenolic OH excluding ortho intramolecular Hbond substituents is 1. The lowest BCUT2D eigenvalue weighted by molar-refractivity contribution is 0.0697. The zero-order valence-corrected chi connectivity index (χ0v) is 8.72. The largest absolute Gasteiger partial charge is 0.508 e. The average Bonchev–Trinajstić information content (AvgIpc) is 2.30. The van der Waals surface area contributed by atoms with Gasteiger partial charge in [-0.15, -0.1) is 0 Å². The van der Waals surface area contributed by atoms with Gasteiger partial charge in [0.1, 0.15) is 11.6 Å². The number of carboxylic acids is 1. The molecular formula is C13H9FO3. The fourth-order valence-corrected chi connectivity index (χ4v) is 1.59. The second-order valence-electron chi connectivity index (χ2n) is 3.54. The van der Waals surface area contributed by atoms with Gasteiger partial charge in [0.2, 0.25) is 0 Å². The van der Waals surface area contributed by atoms with E-state index in [1.165, 1.54) is 24.3 Å². The van der Waals surface area contributed by atoms with E-state index in [9.17, 15) is 9.18 Å². The van der Waals surface area contributed by atoms with Gasteiger partial charge in [0.15, 0.2) is 0 Å². The van der Waals surface area contributed by atoms with Crippen molar-refractivity contribution in [2.24, 2.45) is 0 Å². The second kappa shape index (κ2) is 4.25. The Morgan fingerprint density at radius 2 is 1.71 bits per heavy atom. The van der Waals surface area contributed by atoms with Crippen molar-refractivity contribution in [1.29, 1.82) is 0 Å². The van der Waals surface area contributed by atoms with Crippen LogP contribution in [0.3, 0.4) is 0 Å². The Labute approximate surface area is 96.8 Å². The van der Waals surface area contributed by atoms with Crippen LogP contribution in [0.25, 0.3) is 11.1 Å². The summed E-state index contributed by atoms with van der Waals surface area (Å²) in [6.45, 7) is 0. The summed E-state index contributed by atoms with van der Waals surface area (Å²) in [7, 11) is 0. The van der Waals surface area contributed by atoms with Crippen molar-refractivity contribution in [2.75, 3.05) is 0 Å². The predicted octanol–water partition coefficient (Wildman–Crippen LogP) is 2.90. The highest BCUT2D eigenvalue weighted by molar-refractivity contribution is 5.96. The van der Waals surface area contributed by atoms with E-state index in [1.54, 1.807) is 12.1 Å². The molecule has 0 atom stereocenters. The van der Waals surface area contributed by atoms with Gasteiger partial charge in [-0.25, -0.2) is 9.18 Å². The highest BCUT2D eigenvalue weighted by Crippen LogP contribution is 2.26. The topological polar surface area (TPSA) is 57.5 Å². The zero-order valence-electron chi connectivity index (χ0n) is 8.72. The van der Waals surface area contributed by atoms with Crippen molar-refractivity contribution >= 4 is 5.97 Å². The molecule has 3 nitrogen and oxygen atoms in total. The predicted molar refractivity (Wildman–Crippen MR) is 60.5 cm³/mol. The van der Waals surface area contributed by atoms with Gasteiger partial charge in [-0.3, -0.25) is 0 Å². The lowest BCUT2D eigenvalue weighted by Gasteiger charge is -2.06. The van der Waals surface area contributed by atoms with Crippen LogP contribution in [0.2, 0.25) is 0 Å². The van der Waals surface area contributed by atoms with Crippen molar-refractivity contribution < 1.29 is 19.4 Å². The normalized spacial score (nSPS) is 10.2. The summed E-state index contributed by atoms with van der Waals surface area (Å²) in [4.78, 5) is 11.0. The first kappa shape index (κ1) is 11.1. The number of carboxylic acid groups (broad SMARTS) is 1. The van der Waals surface area contributed by atoms with Crippen LogP contribution >= 0.6 is 0 Å². The van der Waals surface area contributed by atoms with E-state index >= 15 is 0 Å². The third-order valence-electron chi connectivity index (χ3n) is 2.39. The molecule has 0 aliphatic rings. The lowest BCUT2D eigenvalue weighted by atomic mass is 9.99. The highest BCUT2D eigenvalue weighted by atomic mass is 19.1. The van der Waals surface area contributed by atoms with Crippen LogP contribution in [0.1, 0.15) is 10.4 Å². The van der Waals surface area contributed by atoms with Crippen molar-refractivity contribution in [3.8, 4) is 16.9 Å². The van der Waals surface area contributed by atoms with Crippen LogP contribution in [0.15, 0.2) is 42.5 Å². The van der Waals surface area contributed by atoms with E-state index in [0.717, 1.165) is 6.07 Å². The second-order valence-corrected chi connectivity index (χ2v) is 3.54. The van der Waals surface area contributed by atoms with Crippen molar-refractivity contribution in [2.45, 2.75) is 0 Å². The number of aromatic carboxylic acids is 1. The van der Waals surface area contributed by atoms with E-state index in [-0.39, 0.29) is 11.3 Å². The third-order valence-corrected chi connectivity index (χ3v) is 2.39. The number of hydrogen-bond acceptors (Lipinski definition) is 2. The van der Waals surface area contributed by atoms with Crippen LogP contribution < -0.4 is 0 Å². The van der Waals surface area contributed by atoms with E-state index in [4.69, 9.17) is 10.2 Å². The molecule has 0 aromatic heterocycles. The molecule has 0 radical (unpaired) electrons. The molecule has 0 bridgehead atoms. The maximum absolute atomic E-state index is 13.0. The SMILES string of the molecule is O=C(O)c1cc(F)ccc1-c1ccc(O)cc1. The molecule has 86 valence electrons. The van der Waals surface area contributed by atoms with Gasteiger partial charge in [0.25, 0.3) is 0 Å². The van der Waals surface area contributed by atoms with Crippen molar-refractivity contribution in [1.82, 2.24) is 0 Å². The molecule has 0 saturated carbocycles. The minimum atomic E-state index is -1.19. The average molecular weight is 232 g/mol. The van der Waals surface area contributed by atoms with Gasteiger partial charge in [0.05, 0.1) is 5.56 Å². The summed E-state index contributed by atoms with van der Waals surface area (Å²) in [6, 6.07) is 9.64. The number of aromatic hydroxyl groups is 1. The first-order valence-corrected chi connectivity index (χ1v) is 4.90. The molecule has 0 amide bonds. The third kappa shape index (κ3) is 2.25. The Kier molecular flexibility index (Phi) is 2.78. The molecule has 17 heavy (non-hydrogen) atoms. The Bertz CT molecular complexity index is 561. The Morgan fingerprint density at radius 1 is 1.06 bits per heavy atom. The first-order chi connectivity index (χ1) is 8.08. The number of carbonyl (C=O) groups is 1.